The fourth-order valence-corrected chi connectivity index (χ4v) is 3.06. The zero-order valence-electron chi connectivity index (χ0n) is 10.5. The Morgan fingerprint density at radius 1 is 1.16 bits per heavy atom. The van der Waals surface area contributed by atoms with Crippen LogP contribution in [0.5, 0.6) is 0 Å². The summed E-state index contributed by atoms with van der Waals surface area (Å²) in [4.78, 5) is 2.16. The zero-order chi connectivity index (χ0) is 13.8. The fourth-order valence-electron chi connectivity index (χ4n) is 2.03. The van der Waals surface area contributed by atoms with Gasteiger partial charge in [0.2, 0.25) is 0 Å². The molecule has 2 aromatic carbocycles. The first-order valence-corrected chi connectivity index (χ1v) is 7.61. The molecule has 4 heteroatoms. The van der Waals surface area contributed by atoms with Crippen LogP contribution in [0.2, 0.25) is 5.02 Å². The number of rotatable bonds is 4. The molecule has 0 fully saturated rings. The number of hydrogen-bond acceptors (Lipinski definition) is 1. The number of benzene rings is 2. The summed E-state index contributed by atoms with van der Waals surface area (Å²) in [6, 6.07) is 14.1. The molecule has 19 heavy (non-hydrogen) atoms. The van der Waals surface area contributed by atoms with E-state index in [4.69, 9.17) is 23.2 Å². The molecule has 0 radical (unpaired) electrons. The van der Waals surface area contributed by atoms with Crippen LogP contribution in [-0.2, 0) is 12.4 Å². The summed E-state index contributed by atoms with van der Waals surface area (Å²) in [5.74, 6) is 0.415. The van der Waals surface area contributed by atoms with E-state index in [-0.39, 0.29) is 0 Å². The highest BCUT2D eigenvalue weighted by Crippen LogP contribution is 2.29. The van der Waals surface area contributed by atoms with Gasteiger partial charge in [0.25, 0.3) is 0 Å². The number of hydrogen-bond donors (Lipinski definition) is 0. The summed E-state index contributed by atoms with van der Waals surface area (Å²) in [6.45, 7) is 0.809. The van der Waals surface area contributed by atoms with E-state index in [1.54, 1.807) is 0 Å². The van der Waals surface area contributed by atoms with E-state index in [0.717, 1.165) is 22.3 Å². The minimum atomic E-state index is 0.415. The normalized spacial score (nSPS) is 10.5. The Morgan fingerprint density at radius 2 is 1.89 bits per heavy atom. The Morgan fingerprint density at radius 3 is 2.58 bits per heavy atom. The Bertz CT molecular complexity index is 572. The van der Waals surface area contributed by atoms with Crippen molar-refractivity contribution in [2.75, 3.05) is 11.9 Å². The van der Waals surface area contributed by atoms with E-state index in [1.807, 2.05) is 37.4 Å². The van der Waals surface area contributed by atoms with Crippen molar-refractivity contribution < 1.29 is 0 Å². The Kier molecular flexibility index (Phi) is 5.14. The second-order valence-corrected chi connectivity index (χ2v) is 5.95. The van der Waals surface area contributed by atoms with Crippen molar-refractivity contribution in [3.63, 3.8) is 0 Å². The van der Waals surface area contributed by atoms with Gasteiger partial charge in [0.05, 0.1) is 5.88 Å². The first-order chi connectivity index (χ1) is 9.11. The van der Waals surface area contributed by atoms with Gasteiger partial charge >= 0.3 is 0 Å². The monoisotopic (exact) mass is 357 g/mol. The highest BCUT2D eigenvalue weighted by atomic mass is 79.9. The highest BCUT2D eigenvalue weighted by Gasteiger charge is 2.10. The molecule has 0 aliphatic heterocycles. The average Bonchev–Trinajstić information content (AvgIpc) is 2.38. The molecule has 0 spiro atoms. The molecule has 100 valence electrons. The summed E-state index contributed by atoms with van der Waals surface area (Å²) < 4.78 is 1.09. The van der Waals surface area contributed by atoms with Crippen LogP contribution in [0.25, 0.3) is 0 Å². The molecule has 0 amide bonds. The van der Waals surface area contributed by atoms with Crippen molar-refractivity contribution >= 4 is 44.8 Å². The lowest BCUT2D eigenvalue weighted by atomic mass is 10.1. The van der Waals surface area contributed by atoms with Gasteiger partial charge in [-0.05, 0) is 29.8 Å². The van der Waals surface area contributed by atoms with Crippen LogP contribution in [0.15, 0.2) is 46.9 Å². The van der Waals surface area contributed by atoms with Gasteiger partial charge in [-0.25, -0.2) is 0 Å². The van der Waals surface area contributed by atoms with E-state index < -0.39 is 0 Å². The SMILES string of the molecule is CN(Cc1cccc(Br)c1)c1cccc(Cl)c1CCl. The molecular formula is C15H14BrCl2N. The van der Waals surface area contributed by atoms with Crippen molar-refractivity contribution in [1.29, 1.82) is 0 Å². The van der Waals surface area contributed by atoms with E-state index in [1.165, 1.54) is 5.56 Å². The number of alkyl halides is 1. The molecule has 2 rings (SSSR count). The second kappa shape index (κ2) is 6.65. The maximum absolute atomic E-state index is 6.18. The first kappa shape index (κ1) is 14.7. The van der Waals surface area contributed by atoms with E-state index in [9.17, 15) is 0 Å². The quantitative estimate of drug-likeness (QED) is 0.654. The maximum atomic E-state index is 6.18. The van der Waals surface area contributed by atoms with Crippen molar-refractivity contribution in [2.24, 2.45) is 0 Å². The average molecular weight is 359 g/mol. The molecule has 0 unspecified atom stereocenters. The van der Waals surface area contributed by atoms with Crippen LogP contribution in [0.1, 0.15) is 11.1 Å². The van der Waals surface area contributed by atoms with Gasteiger partial charge in [0.15, 0.2) is 0 Å². The van der Waals surface area contributed by atoms with Crippen molar-refractivity contribution in [3.05, 3.63) is 63.1 Å². The molecule has 0 heterocycles. The third-order valence-corrected chi connectivity index (χ3v) is 4.06. The van der Waals surface area contributed by atoms with E-state index in [2.05, 4.69) is 33.0 Å². The van der Waals surface area contributed by atoms with Crippen molar-refractivity contribution in [2.45, 2.75) is 12.4 Å². The molecule has 0 aromatic heterocycles. The van der Waals surface area contributed by atoms with Gasteiger partial charge in [-0.1, -0.05) is 45.7 Å². The third kappa shape index (κ3) is 3.65. The lowest BCUT2D eigenvalue weighted by Crippen LogP contribution is -2.17. The van der Waals surface area contributed by atoms with Gasteiger partial charge < -0.3 is 4.90 Å². The minimum absolute atomic E-state index is 0.415. The number of anilines is 1. The molecule has 0 saturated heterocycles. The predicted molar refractivity (Wildman–Crippen MR) is 87.3 cm³/mol. The Balaban J connectivity index is 2.25. The van der Waals surface area contributed by atoms with Gasteiger partial charge in [-0.3, -0.25) is 0 Å². The van der Waals surface area contributed by atoms with Gasteiger partial charge in [-0.15, -0.1) is 11.6 Å². The summed E-state index contributed by atoms with van der Waals surface area (Å²) in [5, 5.41) is 0.716. The lowest BCUT2D eigenvalue weighted by Gasteiger charge is -2.22. The summed E-state index contributed by atoms with van der Waals surface area (Å²) in [7, 11) is 2.04. The molecule has 0 bridgehead atoms. The Hall–Kier alpha value is -0.700. The standard InChI is InChI=1S/C15H14BrCl2N/c1-19(10-11-4-2-5-12(16)8-11)15-7-3-6-14(18)13(15)9-17/h2-8H,9-10H2,1H3. The zero-order valence-corrected chi connectivity index (χ0v) is 13.6. The molecule has 0 atom stereocenters. The molecular weight excluding hydrogens is 345 g/mol. The van der Waals surface area contributed by atoms with Gasteiger partial charge in [-0.2, -0.15) is 0 Å². The maximum Gasteiger partial charge on any atom is 0.0509 e. The fraction of sp³-hybridized carbons (Fsp3) is 0.200. The van der Waals surface area contributed by atoms with Crippen molar-refractivity contribution in [3.8, 4) is 0 Å². The van der Waals surface area contributed by atoms with Crippen LogP contribution in [0, 0.1) is 0 Å². The molecule has 0 N–H and O–H groups in total. The van der Waals surface area contributed by atoms with Crippen LogP contribution >= 0.6 is 39.1 Å². The van der Waals surface area contributed by atoms with Crippen LogP contribution in [0.3, 0.4) is 0 Å². The van der Waals surface area contributed by atoms with Crippen LogP contribution in [0.4, 0.5) is 5.69 Å². The largest absolute Gasteiger partial charge is 0.370 e. The highest BCUT2D eigenvalue weighted by molar-refractivity contribution is 9.10. The topological polar surface area (TPSA) is 3.24 Å². The van der Waals surface area contributed by atoms with E-state index >= 15 is 0 Å². The Labute approximate surface area is 132 Å². The smallest absolute Gasteiger partial charge is 0.0509 e. The lowest BCUT2D eigenvalue weighted by molar-refractivity contribution is 0.915. The van der Waals surface area contributed by atoms with Gasteiger partial charge in [0.1, 0.15) is 0 Å². The van der Waals surface area contributed by atoms with Crippen LogP contribution < -0.4 is 4.90 Å². The minimum Gasteiger partial charge on any atom is -0.370 e. The molecule has 0 aliphatic rings. The predicted octanol–water partition coefficient (Wildman–Crippen LogP) is 5.48. The molecule has 0 saturated carbocycles. The van der Waals surface area contributed by atoms with Gasteiger partial charge in [0, 0.05) is 34.3 Å². The number of halogens is 3. The first-order valence-electron chi connectivity index (χ1n) is 5.90. The van der Waals surface area contributed by atoms with Crippen molar-refractivity contribution in [1.82, 2.24) is 0 Å². The third-order valence-electron chi connectivity index (χ3n) is 2.95. The molecule has 1 nitrogen and oxygen atoms in total. The summed E-state index contributed by atoms with van der Waals surface area (Å²) in [5.41, 5.74) is 3.28. The molecule has 2 aromatic rings. The molecule has 0 aliphatic carbocycles. The second-order valence-electron chi connectivity index (χ2n) is 4.36. The van der Waals surface area contributed by atoms with Crippen LogP contribution in [-0.4, -0.2) is 7.05 Å². The summed E-state index contributed by atoms with van der Waals surface area (Å²) in [6.07, 6.45) is 0. The summed E-state index contributed by atoms with van der Waals surface area (Å²) >= 11 is 15.7. The van der Waals surface area contributed by atoms with E-state index in [0.29, 0.717) is 10.9 Å². The number of nitrogens with zero attached hydrogens (tertiary/aromatic N) is 1.